The topological polar surface area (TPSA) is 61.6 Å². The van der Waals surface area contributed by atoms with E-state index in [0.29, 0.717) is 29.7 Å². The summed E-state index contributed by atoms with van der Waals surface area (Å²) in [6.45, 7) is 3.07. The zero-order chi connectivity index (χ0) is 16.1. The molecule has 24 heavy (non-hydrogen) atoms. The van der Waals surface area contributed by atoms with Crippen molar-refractivity contribution in [3.63, 3.8) is 0 Å². The molecule has 4 bridgehead atoms. The molecule has 0 aliphatic carbocycles. The second-order valence-electron chi connectivity index (χ2n) is 7.31. The molecule has 0 saturated carbocycles. The Bertz CT molecular complexity index is 656. The van der Waals surface area contributed by atoms with E-state index in [1.165, 1.54) is 12.8 Å². The zero-order valence-electron chi connectivity index (χ0n) is 13.7. The highest BCUT2D eigenvalue weighted by atomic mass is 16.5. The molecule has 6 heteroatoms. The van der Waals surface area contributed by atoms with Crippen LogP contribution in [0.25, 0.3) is 0 Å². The number of anilines is 2. The first kappa shape index (κ1) is 14.5. The van der Waals surface area contributed by atoms with Crippen molar-refractivity contribution in [2.45, 2.75) is 49.9 Å². The van der Waals surface area contributed by atoms with E-state index in [4.69, 9.17) is 14.5 Å². The van der Waals surface area contributed by atoms with Crippen LogP contribution < -0.4 is 9.80 Å². The summed E-state index contributed by atoms with van der Waals surface area (Å²) < 4.78 is 11.4. The Morgan fingerprint density at radius 2 is 1.42 bits per heavy atom. The van der Waals surface area contributed by atoms with Crippen LogP contribution in [-0.2, 0) is 9.47 Å². The van der Waals surface area contributed by atoms with Crippen LogP contribution in [0.5, 0.6) is 0 Å². The number of nitrogens with zero attached hydrogens (tertiary/aromatic N) is 4. The summed E-state index contributed by atoms with van der Waals surface area (Å²) >= 11 is 0. The third-order valence-electron chi connectivity index (χ3n) is 5.97. The number of morpholine rings is 2. The quantitative estimate of drug-likeness (QED) is 0.824. The van der Waals surface area contributed by atoms with Gasteiger partial charge < -0.3 is 19.3 Å². The fourth-order valence-corrected chi connectivity index (χ4v) is 4.84. The van der Waals surface area contributed by atoms with Crippen molar-refractivity contribution in [2.24, 2.45) is 0 Å². The molecule has 0 N–H and O–H groups in total. The monoisotopic (exact) mass is 326 g/mol. The van der Waals surface area contributed by atoms with E-state index in [-0.39, 0.29) is 0 Å². The number of ether oxygens (including phenoxy) is 2. The molecule has 6 nitrogen and oxygen atoms in total. The average Bonchev–Trinajstić information content (AvgIpc) is 3.01. The Morgan fingerprint density at radius 3 is 1.96 bits per heavy atom. The third kappa shape index (κ3) is 2.11. The smallest absolute Gasteiger partial charge is 0.149 e. The van der Waals surface area contributed by atoms with E-state index in [2.05, 4.69) is 15.9 Å². The van der Waals surface area contributed by atoms with Gasteiger partial charge in [0.1, 0.15) is 17.7 Å². The lowest BCUT2D eigenvalue weighted by Crippen LogP contribution is -2.48. The number of nitriles is 1. The first-order valence-corrected chi connectivity index (χ1v) is 8.98. The number of hydrogen-bond acceptors (Lipinski definition) is 6. The fourth-order valence-electron chi connectivity index (χ4n) is 4.84. The van der Waals surface area contributed by atoms with Gasteiger partial charge in [-0.2, -0.15) is 5.26 Å². The van der Waals surface area contributed by atoms with Crippen molar-refractivity contribution in [3.05, 3.63) is 17.7 Å². The first-order chi connectivity index (χ1) is 11.8. The van der Waals surface area contributed by atoms with Gasteiger partial charge in [-0.15, -0.1) is 0 Å². The standard InChI is InChI=1S/C18H22N4O2/c19-7-12-1-6-17(21-13-2-3-14(21)9-23-8-13)20-18(12)22-15-4-5-16(22)11-24-10-15/h1,6,13-16H,2-5,8-11H2. The van der Waals surface area contributed by atoms with Crippen LogP contribution in [0.1, 0.15) is 31.2 Å². The molecule has 126 valence electrons. The Labute approximate surface area is 142 Å². The van der Waals surface area contributed by atoms with Gasteiger partial charge in [0, 0.05) is 0 Å². The van der Waals surface area contributed by atoms with E-state index in [1.807, 2.05) is 12.1 Å². The molecule has 0 radical (unpaired) electrons. The number of aromatic nitrogens is 1. The summed E-state index contributed by atoms with van der Waals surface area (Å²) in [6.07, 6.45) is 4.60. The normalized spacial score (nSPS) is 34.5. The van der Waals surface area contributed by atoms with Gasteiger partial charge in [0.2, 0.25) is 0 Å². The van der Waals surface area contributed by atoms with E-state index >= 15 is 0 Å². The summed E-state index contributed by atoms with van der Waals surface area (Å²) in [5.41, 5.74) is 0.679. The molecule has 4 aliphatic rings. The lowest BCUT2D eigenvalue weighted by atomic mass is 10.2. The molecule has 5 rings (SSSR count). The molecule has 5 heterocycles. The minimum atomic E-state index is 0.361. The summed E-state index contributed by atoms with van der Waals surface area (Å²) in [7, 11) is 0. The maximum absolute atomic E-state index is 9.58. The van der Waals surface area contributed by atoms with Crippen molar-refractivity contribution in [3.8, 4) is 6.07 Å². The summed E-state index contributed by atoms with van der Waals surface area (Å²) in [6, 6.07) is 7.88. The second kappa shape index (κ2) is 5.61. The number of fused-ring (bicyclic) bond motifs is 4. The van der Waals surface area contributed by atoms with Gasteiger partial charge in [-0.3, -0.25) is 0 Å². The van der Waals surface area contributed by atoms with Crippen LogP contribution in [0, 0.1) is 11.3 Å². The number of pyridine rings is 1. The van der Waals surface area contributed by atoms with Crippen LogP contribution in [0.15, 0.2) is 12.1 Å². The maximum atomic E-state index is 9.58. The summed E-state index contributed by atoms with van der Waals surface area (Å²) in [5.74, 6) is 1.86. The minimum Gasteiger partial charge on any atom is -0.377 e. The molecular weight excluding hydrogens is 304 g/mol. The molecule has 0 amide bonds. The van der Waals surface area contributed by atoms with E-state index in [0.717, 1.165) is 50.9 Å². The van der Waals surface area contributed by atoms with Crippen LogP contribution >= 0.6 is 0 Å². The molecule has 4 aliphatic heterocycles. The largest absolute Gasteiger partial charge is 0.377 e. The molecule has 1 aromatic rings. The van der Waals surface area contributed by atoms with Gasteiger partial charge in [0.05, 0.1) is 56.2 Å². The third-order valence-corrected chi connectivity index (χ3v) is 5.97. The predicted octanol–water partition coefficient (Wildman–Crippen LogP) is 1.69. The van der Waals surface area contributed by atoms with Gasteiger partial charge in [0.15, 0.2) is 0 Å². The molecule has 4 fully saturated rings. The van der Waals surface area contributed by atoms with Crippen molar-refractivity contribution in [1.29, 1.82) is 5.26 Å². The van der Waals surface area contributed by atoms with Crippen molar-refractivity contribution < 1.29 is 9.47 Å². The Hall–Kier alpha value is -1.84. The van der Waals surface area contributed by atoms with Crippen LogP contribution in [0.4, 0.5) is 11.6 Å². The molecule has 1 aromatic heterocycles. The highest BCUT2D eigenvalue weighted by molar-refractivity contribution is 5.61. The molecule has 4 unspecified atom stereocenters. The van der Waals surface area contributed by atoms with E-state index in [9.17, 15) is 5.26 Å². The van der Waals surface area contributed by atoms with Crippen molar-refractivity contribution >= 4 is 11.6 Å². The summed E-state index contributed by atoms with van der Waals surface area (Å²) in [4.78, 5) is 9.77. The van der Waals surface area contributed by atoms with Gasteiger partial charge in [0.25, 0.3) is 0 Å². The van der Waals surface area contributed by atoms with Crippen molar-refractivity contribution in [1.82, 2.24) is 4.98 Å². The van der Waals surface area contributed by atoms with Crippen LogP contribution in [0.3, 0.4) is 0 Å². The lowest BCUT2D eigenvalue weighted by Gasteiger charge is -2.38. The SMILES string of the molecule is N#Cc1ccc(N2C3CCC2COC3)nc1N1C2CCC1COC2. The Kier molecular flexibility index (Phi) is 3.39. The Balaban J connectivity index is 1.54. The van der Waals surface area contributed by atoms with Crippen LogP contribution in [0.2, 0.25) is 0 Å². The van der Waals surface area contributed by atoms with Gasteiger partial charge >= 0.3 is 0 Å². The maximum Gasteiger partial charge on any atom is 0.149 e. The average molecular weight is 326 g/mol. The van der Waals surface area contributed by atoms with Gasteiger partial charge in [-0.25, -0.2) is 4.98 Å². The number of rotatable bonds is 2. The zero-order valence-corrected chi connectivity index (χ0v) is 13.7. The van der Waals surface area contributed by atoms with Crippen LogP contribution in [-0.4, -0.2) is 55.6 Å². The highest BCUT2D eigenvalue weighted by Crippen LogP contribution is 2.38. The molecule has 0 spiro atoms. The van der Waals surface area contributed by atoms with Gasteiger partial charge in [-0.1, -0.05) is 0 Å². The summed E-state index contributed by atoms with van der Waals surface area (Å²) in [5, 5.41) is 9.58. The molecule has 4 atom stereocenters. The first-order valence-electron chi connectivity index (χ1n) is 8.98. The van der Waals surface area contributed by atoms with Crippen molar-refractivity contribution in [2.75, 3.05) is 36.2 Å². The van der Waals surface area contributed by atoms with Gasteiger partial charge in [-0.05, 0) is 37.8 Å². The van der Waals surface area contributed by atoms with E-state index < -0.39 is 0 Å². The Morgan fingerprint density at radius 1 is 0.875 bits per heavy atom. The molecule has 4 saturated heterocycles. The second-order valence-corrected chi connectivity index (χ2v) is 7.31. The fraction of sp³-hybridized carbons (Fsp3) is 0.667. The minimum absolute atomic E-state index is 0.361. The van der Waals surface area contributed by atoms with E-state index in [1.54, 1.807) is 0 Å². The highest BCUT2D eigenvalue weighted by Gasteiger charge is 2.41. The molecule has 0 aromatic carbocycles. The predicted molar refractivity (Wildman–Crippen MR) is 89.2 cm³/mol. The molecular formula is C18H22N4O2. The lowest BCUT2D eigenvalue weighted by molar-refractivity contribution is 0.0891. The number of hydrogen-bond donors (Lipinski definition) is 0.